The van der Waals surface area contributed by atoms with E-state index >= 15 is 0 Å². The molecule has 0 fully saturated rings. The molecule has 8 nitrogen and oxygen atoms in total. The molecular weight excluding hydrogens is 378 g/mol. The highest BCUT2D eigenvalue weighted by Crippen LogP contribution is 2.28. The van der Waals surface area contributed by atoms with Gasteiger partial charge >= 0.3 is 0 Å². The Hall–Kier alpha value is -3.33. The molecule has 0 radical (unpaired) electrons. The van der Waals surface area contributed by atoms with Gasteiger partial charge in [0.1, 0.15) is 0 Å². The second-order valence-corrected chi connectivity index (χ2v) is 7.29. The highest BCUT2D eigenvalue weighted by atomic mass is 32.2. The Balaban J connectivity index is 1.78. The van der Waals surface area contributed by atoms with Crippen LogP contribution in [0.2, 0.25) is 0 Å². The average molecular weight is 397 g/mol. The molecule has 0 saturated carbocycles. The third-order valence-corrected chi connectivity index (χ3v) is 5.10. The third-order valence-electron chi connectivity index (χ3n) is 4.02. The highest BCUT2D eigenvalue weighted by molar-refractivity contribution is 7.99. The van der Waals surface area contributed by atoms with E-state index in [0.717, 1.165) is 10.1 Å². The van der Waals surface area contributed by atoms with Crippen LogP contribution < -0.4 is 10.2 Å². The summed E-state index contributed by atoms with van der Waals surface area (Å²) in [5.41, 5.74) is 1.32. The zero-order chi connectivity index (χ0) is 20.3. The fourth-order valence-electron chi connectivity index (χ4n) is 2.57. The molecule has 1 amide bonds. The number of benzene rings is 2. The Morgan fingerprint density at radius 1 is 1.21 bits per heavy atom. The van der Waals surface area contributed by atoms with Gasteiger partial charge < -0.3 is 14.8 Å². The van der Waals surface area contributed by atoms with Gasteiger partial charge in [0, 0.05) is 61.9 Å². The number of amides is 1. The average Bonchev–Trinajstić information content (AvgIpc) is 3.07. The van der Waals surface area contributed by atoms with Crippen molar-refractivity contribution in [3.63, 3.8) is 0 Å². The summed E-state index contributed by atoms with van der Waals surface area (Å²) in [5, 5.41) is 14.7. The van der Waals surface area contributed by atoms with Gasteiger partial charge in [-0.15, -0.1) is 0 Å². The van der Waals surface area contributed by atoms with Gasteiger partial charge in [-0.1, -0.05) is 11.8 Å². The molecular formula is C19H19N5O3S. The highest BCUT2D eigenvalue weighted by Gasteiger charge is 2.18. The van der Waals surface area contributed by atoms with E-state index in [0.29, 0.717) is 11.4 Å². The number of hydrogen-bond donors (Lipinski definition) is 1. The zero-order valence-electron chi connectivity index (χ0n) is 15.6. The van der Waals surface area contributed by atoms with Crippen molar-refractivity contribution in [3.05, 3.63) is 70.5 Å². The van der Waals surface area contributed by atoms with Crippen LogP contribution in [0.25, 0.3) is 0 Å². The molecule has 0 atom stereocenters. The summed E-state index contributed by atoms with van der Waals surface area (Å²) in [6, 6.07) is 11.6. The molecule has 1 N–H and O–H groups in total. The Labute approximate surface area is 166 Å². The number of carbonyl (C=O) groups is 1. The van der Waals surface area contributed by atoms with Crippen molar-refractivity contribution in [3.8, 4) is 0 Å². The van der Waals surface area contributed by atoms with E-state index < -0.39 is 10.8 Å². The molecule has 1 heterocycles. The van der Waals surface area contributed by atoms with Gasteiger partial charge in [0.15, 0.2) is 5.16 Å². The van der Waals surface area contributed by atoms with Crippen molar-refractivity contribution in [2.24, 2.45) is 7.05 Å². The lowest BCUT2D eigenvalue weighted by Crippen LogP contribution is -2.18. The first-order valence-corrected chi connectivity index (χ1v) is 9.19. The summed E-state index contributed by atoms with van der Waals surface area (Å²) in [5.74, 6) is -0.406. The molecule has 144 valence electrons. The topological polar surface area (TPSA) is 93.3 Å². The first-order chi connectivity index (χ1) is 13.3. The summed E-state index contributed by atoms with van der Waals surface area (Å²) in [7, 11) is 5.48. The Bertz CT molecular complexity index is 1010. The third kappa shape index (κ3) is 4.32. The van der Waals surface area contributed by atoms with Crippen molar-refractivity contribution in [2.75, 3.05) is 24.3 Å². The summed E-state index contributed by atoms with van der Waals surface area (Å²) in [4.78, 5) is 30.3. The van der Waals surface area contributed by atoms with Gasteiger partial charge in [-0.3, -0.25) is 14.9 Å². The standard InChI is InChI=1S/C19H19N5O3S/c1-22(2)17-9-6-14(24(26)27)12-16(17)18(25)21-13-4-7-15(8-5-13)28-19-20-10-11-23(19)3/h4-12H,1-3H3,(H,21,25). The molecule has 0 unspecified atom stereocenters. The maximum absolute atomic E-state index is 12.7. The molecule has 0 aliphatic rings. The molecule has 0 saturated heterocycles. The van der Waals surface area contributed by atoms with E-state index in [-0.39, 0.29) is 11.3 Å². The molecule has 0 aliphatic heterocycles. The minimum absolute atomic E-state index is 0.127. The van der Waals surface area contributed by atoms with Gasteiger partial charge in [-0.05, 0) is 30.3 Å². The van der Waals surface area contributed by atoms with E-state index in [9.17, 15) is 14.9 Å². The number of nitrogens with zero attached hydrogens (tertiary/aromatic N) is 4. The lowest BCUT2D eigenvalue weighted by Gasteiger charge is -2.17. The number of carbonyl (C=O) groups excluding carboxylic acids is 1. The van der Waals surface area contributed by atoms with Gasteiger partial charge in [0.05, 0.1) is 10.5 Å². The van der Waals surface area contributed by atoms with E-state index in [2.05, 4.69) is 10.3 Å². The SMILES string of the molecule is CN(C)c1ccc([N+](=O)[O-])cc1C(=O)Nc1ccc(Sc2nccn2C)cc1. The number of nitro groups is 1. The van der Waals surface area contributed by atoms with Crippen LogP contribution in [-0.4, -0.2) is 34.5 Å². The molecule has 0 spiro atoms. The summed E-state index contributed by atoms with van der Waals surface area (Å²) >= 11 is 1.51. The van der Waals surface area contributed by atoms with Gasteiger partial charge in [0.25, 0.3) is 11.6 Å². The van der Waals surface area contributed by atoms with Gasteiger partial charge in [-0.2, -0.15) is 0 Å². The summed E-state index contributed by atoms with van der Waals surface area (Å²) < 4.78 is 1.92. The monoisotopic (exact) mass is 397 g/mol. The number of non-ortho nitro benzene ring substituents is 1. The molecule has 3 aromatic rings. The number of anilines is 2. The fourth-order valence-corrected chi connectivity index (χ4v) is 3.37. The second-order valence-electron chi connectivity index (χ2n) is 6.25. The predicted octanol–water partition coefficient (Wildman–Crippen LogP) is 3.80. The van der Waals surface area contributed by atoms with Gasteiger partial charge in [0.2, 0.25) is 0 Å². The number of nitrogens with one attached hydrogen (secondary N) is 1. The zero-order valence-corrected chi connectivity index (χ0v) is 16.4. The van der Waals surface area contributed by atoms with Crippen LogP contribution in [0, 0.1) is 10.1 Å². The number of imidazole rings is 1. The molecule has 2 aromatic carbocycles. The Morgan fingerprint density at radius 3 is 2.50 bits per heavy atom. The van der Waals surface area contributed by atoms with Crippen LogP contribution in [-0.2, 0) is 7.05 Å². The lowest BCUT2D eigenvalue weighted by atomic mass is 10.1. The smallest absolute Gasteiger partial charge is 0.270 e. The summed E-state index contributed by atoms with van der Waals surface area (Å²) in [6.45, 7) is 0. The van der Waals surface area contributed by atoms with Crippen molar-refractivity contribution < 1.29 is 9.72 Å². The minimum Gasteiger partial charge on any atom is -0.377 e. The second kappa shape index (κ2) is 8.13. The maximum Gasteiger partial charge on any atom is 0.270 e. The number of hydrogen-bond acceptors (Lipinski definition) is 6. The molecule has 28 heavy (non-hydrogen) atoms. The largest absolute Gasteiger partial charge is 0.377 e. The van der Waals surface area contributed by atoms with Crippen LogP contribution in [0.3, 0.4) is 0 Å². The Morgan fingerprint density at radius 2 is 1.93 bits per heavy atom. The number of rotatable bonds is 6. The Kier molecular flexibility index (Phi) is 5.65. The first-order valence-electron chi connectivity index (χ1n) is 8.37. The first kappa shape index (κ1) is 19.4. The van der Waals surface area contributed by atoms with Crippen LogP contribution in [0.4, 0.5) is 17.1 Å². The number of nitro benzene ring substituents is 1. The normalized spacial score (nSPS) is 10.5. The number of aryl methyl sites for hydroxylation is 1. The van der Waals surface area contributed by atoms with Crippen molar-refractivity contribution in [2.45, 2.75) is 10.1 Å². The van der Waals surface area contributed by atoms with E-state index in [1.165, 1.54) is 23.9 Å². The van der Waals surface area contributed by atoms with Crippen LogP contribution in [0.5, 0.6) is 0 Å². The summed E-state index contributed by atoms with van der Waals surface area (Å²) in [6.07, 6.45) is 3.61. The van der Waals surface area contributed by atoms with Crippen molar-refractivity contribution in [1.82, 2.24) is 9.55 Å². The van der Waals surface area contributed by atoms with Crippen molar-refractivity contribution >= 4 is 34.7 Å². The molecule has 9 heteroatoms. The molecule has 3 rings (SSSR count). The minimum atomic E-state index is -0.514. The van der Waals surface area contributed by atoms with Crippen LogP contribution in [0.1, 0.15) is 10.4 Å². The maximum atomic E-state index is 12.7. The van der Waals surface area contributed by atoms with Crippen LogP contribution >= 0.6 is 11.8 Å². The fraction of sp³-hybridized carbons (Fsp3) is 0.158. The predicted molar refractivity (Wildman–Crippen MR) is 109 cm³/mol. The van der Waals surface area contributed by atoms with Gasteiger partial charge in [-0.25, -0.2) is 4.98 Å². The molecule has 0 bridgehead atoms. The van der Waals surface area contributed by atoms with E-state index in [4.69, 9.17) is 0 Å². The van der Waals surface area contributed by atoms with Crippen molar-refractivity contribution in [1.29, 1.82) is 0 Å². The van der Waals surface area contributed by atoms with Crippen LogP contribution in [0.15, 0.2) is 64.9 Å². The molecule has 1 aromatic heterocycles. The molecule has 0 aliphatic carbocycles. The number of aromatic nitrogens is 2. The van der Waals surface area contributed by atoms with E-state index in [1.807, 2.05) is 29.9 Å². The van der Waals surface area contributed by atoms with E-state index in [1.54, 1.807) is 43.4 Å². The lowest BCUT2D eigenvalue weighted by molar-refractivity contribution is -0.384. The quantitative estimate of drug-likeness (QED) is 0.502.